The van der Waals surface area contributed by atoms with Crippen LogP contribution in [0.2, 0.25) is 18.1 Å². The number of amides is 2. The third-order valence-electron chi connectivity index (χ3n) is 6.43. The second-order valence-electron chi connectivity index (χ2n) is 10.3. The fourth-order valence-electron chi connectivity index (χ4n) is 3.12. The van der Waals surface area contributed by atoms with Crippen LogP contribution in [0.1, 0.15) is 52.5 Å². The molecule has 2 amide bonds. The van der Waals surface area contributed by atoms with Gasteiger partial charge in [-0.25, -0.2) is 4.39 Å². The van der Waals surface area contributed by atoms with Gasteiger partial charge in [0.2, 0.25) is 5.91 Å². The van der Waals surface area contributed by atoms with E-state index < -0.39 is 25.8 Å². The molecule has 6 nitrogen and oxygen atoms in total. The Morgan fingerprint density at radius 1 is 1.18 bits per heavy atom. The summed E-state index contributed by atoms with van der Waals surface area (Å²) in [5.74, 6) is -2.06. The van der Waals surface area contributed by atoms with Gasteiger partial charge in [0.15, 0.2) is 14.0 Å². The summed E-state index contributed by atoms with van der Waals surface area (Å²) in [6.45, 7) is 11.7. The smallest absolute Gasteiger partial charge is 0.254 e. The molecule has 0 saturated carbocycles. The van der Waals surface area contributed by atoms with Crippen molar-refractivity contribution in [1.82, 2.24) is 5.32 Å². The highest BCUT2D eigenvalue weighted by Gasteiger charge is 2.40. The van der Waals surface area contributed by atoms with Crippen LogP contribution in [-0.2, 0) is 25.2 Å². The molecule has 0 saturated heterocycles. The van der Waals surface area contributed by atoms with Gasteiger partial charge in [0.1, 0.15) is 6.29 Å². The molecule has 0 aliphatic heterocycles. The SMILES string of the molecule is CC(F)(CCC(CC([CH]Cc1ccccc1)O[Si](C)(C)C(C)(C)C)C(=O)NCC=O)C(N)=O. The minimum absolute atomic E-state index is 0.0371. The molecule has 3 unspecified atom stereocenters. The van der Waals surface area contributed by atoms with Crippen LogP contribution < -0.4 is 11.1 Å². The number of aldehydes is 1. The monoisotopic (exact) mass is 479 g/mol. The molecular weight excluding hydrogens is 439 g/mol. The molecule has 0 aromatic heterocycles. The van der Waals surface area contributed by atoms with Crippen molar-refractivity contribution in [2.75, 3.05) is 6.54 Å². The van der Waals surface area contributed by atoms with E-state index in [2.05, 4.69) is 45.6 Å². The number of hydrogen-bond donors (Lipinski definition) is 2. The van der Waals surface area contributed by atoms with Gasteiger partial charge in [0.05, 0.1) is 6.54 Å². The van der Waals surface area contributed by atoms with Crippen LogP contribution in [-0.4, -0.2) is 44.7 Å². The molecule has 8 heteroatoms. The van der Waals surface area contributed by atoms with Crippen LogP contribution in [0.25, 0.3) is 0 Å². The quantitative estimate of drug-likeness (QED) is 0.309. The molecule has 1 rings (SSSR count). The van der Waals surface area contributed by atoms with Crippen molar-refractivity contribution in [3.05, 3.63) is 42.3 Å². The lowest BCUT2D eigenvalue weighted by Gasteiger charge is -2.40. The summed E-state index contributed by atoms with van der Waals surface area (Å²) in [7, 11) is -2.18. The third-order valence-corrected chi connectivity index (χ3v) is 10.9. The van der Waals surface area contributed by atoms with Gasteiger partial charge in [0.25, 0.3) is 5.91 Å². The Labute approximate surface area is 199 Å². The van der Waals surface area contributed by atoms with E-state index in [4.69, 9.17) is 10.2 Å². The molecule has 3 atom stereocenters. The molecular formula is C25H40FN2O4Si. The fourth-order valence-corrected chi connectivity index (χ4v) is 4.42. The summed E-state index contributed by atoms with van der Waals surface area (Å²) in [5, 5.41) is 2.53. The highest BCUT2D eigenvalue weighted by atomic mass is 28.4. The van der Waals surface area contributed by atoms with Crippen LogP contribution in [0, 0.1) is 12.3 Å². The summed E-state index contributed by atoms with van der Waals surface area (Å²) in [4.78, 5) is 35.0. The minimum Gasteiger partial charge on any atom is -0.414 e. The van der Waals surface area contributed by atoms with Crippen molar-refractivity contribution in [2.45, 2.75) is 83.3 Å². The Kier molecular flexibility index (Phi) is 10.9. The zero-order valence-electron chi connectivity index (χ0n) is 20.8. The van der Waals surface area contributed by atoms with E-state index in [9.17, 15) is 18.8 Å². The van der Waals surface area contributed by atoms with Gasteiger partial charge >= 0.3 is 0 Å². The van der Waals surface area contributed by atoms with Crippen molar-refractivity contribution in [3.63, 3.8) is 0 Å². The molecule has 0 aliphatic carbocycles. The second-order valence-corrected chi connectivity index (χ2v) is 15.0. The van der Waals surface area contributed by atoms with Crippen molar-refractivity contribution < 1.29 is 23.2 Å². The Hall–Kier alpha value is -2.06. The fraction of sp³-hybridized carbons (Fsp3) is 0.600. The van der Waals surface area contributed by atoms with Gasteiger partial charge in [-0.3, -0.25) is 9.59 Å². The largest absolute Gasteiger partial charge is 0.414 e. The average molecular weight is 480 g/mol. The van der Waals surface area contributed by atoms with E-state index >= 15 is 0 Å². The van der Waals surface area contributed by atoms with E-state index in [1.807, 2.05) is 30.3 Å². The van der Waals surface area contributed by atoms with Crippen molar-refractivity contribution in [3.8, 4) is 0 Å². The van der Waals surface area contributed by atoms with Crippen molar-refractivity contribution >= 4 is 26.4 Å². The Morgan fingerprint density at radius 2 is 1.79 bits per heavy atom. The number of alkyl halides is 1. The van der Waals surface area contributed by atoms with Gasteiger partial charge in [-0.1, -0.05) is 51.1 Å². The molecule has 0 fully saturated rings. The maximum absolute atomic E-state index is 14.5. The van der Waals surface area contributed by atoms with Gasteiger partial charge in [-0.15, -0.1) is 0 Å². The van der Waals surface area contributed by atoms with Crippen LogP contribution >= 0.6 is 0 Å². The summed E-state index contributed by atoms with van der Waals surface area (Å²) < 4.78 is 21.2. The first-order valence-electron chi connectivity index (χ1n) is 11.4. The maximum atomic E-state index is 14.5. The number of primary amides is 1. The lowest BCUT2D eigenvalue weighted by molar-refractivity contribution is -0.131. The van der Waals surface area contributed by atoms with Gasteiger partial charge in [-0.2, -0.15) is 0 Å². The van der Waals surface area contributed by atoms with Gasteiger partial charge in [0, 0.05) is 12.0 Å². The molecule has 3 N–H and O–H groups in total. The predicted molar refractivity (Wildman–Crippen MR) is 132 cm³/mol. The summed E-state index contributed by atoms with van der Waals surface area (Å²) in [6.07, 6.45) is 3.20. The zero-order valence-corrected chi connectivity index (χ0v) is 21.8. The van der Waals surface area contributed by atoms with Crippen LogP contribution in [0.4, 0.5) is 4.39 Å². The Bertz CT molecular complexity index is 778. The summed E-state index contributed by atoms with van der Waals surface area (Å²) in [6, 6.07) is 9.93. The number of hydrogen-bond acceptors (Lipinski definition) is 4. The first-order valence-corrected chi connectivity index (χ1v) is 14.4. The number of rotatable bonds is 14. The molecule has 0 heterocycles. The van der Waals surface area contributed by atoms with Gasteiger partial charge < -0.3 is 20.3 Å². The van der Waals surface area contributed by atoms with Crippen molar-refractivity contribution in [1.29, 1.82) is 0 Å². The number of nitrogens with two attached hydrogens (primary N) is 1. The molecule has 1 radical (unpaired) electrons. The zero-order chi connectivity index (χ0) is 25.3. The first-order chi connectivity index (χ1) is 15.2. The Balaban J connectivity index is 3.09. The summed E-state index contributed by atoms with van der Waals surface area (Å²) >= 11 is 0. The van der Waals surface area contributed by atoms with Crippen LogP contribution in [0.15, 0.2) is 30.3 Å². The Morgan fingerprint density at radius 3 is 2.30 bits per heavy atom. The van der Waals surface area contributed by atoms with E-state index in [1.54, 1.807) is 0 Å². The van der Waals surface area contributed by atoms with E-state index in [0.717, 1.165) is 12.5 Å². The highest BCUT2D eigenvalue weighted by molar-refractivity contribution is 6.74. The highest BCUT2D eigenvalue weighted by Crippen LogP contribution is 2.38. The van der Waals surface area contributed by atoms with E-state index in [0.29, 0.717) is 19.1 Å². The molecule has 1 aromatic rings. The number of benzene rings is 1. The molecule has 0 bridgehead atoms. The van der Waals surface area contributed by atoms with Crippen molar-refractivity contribution in [2.24, 2.45) is 11.7 Å². The average Bonchev–Trinajstić information content (AvgIpc) is 2.72. The van der Waals surface area contributed by atoms with E-state index in [1.165, 1.54) is 0 Å². The van der Waals surface area contributed by atoms with Gasteiger partial charge in [-0.05, 0) is 62.7 Å². The molecule has 0 spiro atoms. The predicted octanol–water partition coefficient (Wildman–Crippen LogP) is 4.14. The van der Waals surface area contributed by atoms with Crippen LogP contribution in [0.3, 0.4) is 0 Å². The minimum atomic E-state index is -2.22. The topological polar surface area (TPSA) is 98.5 Å². The van der Waals surface area contributed by atoms with Crippen LogP contribution in [0.5, 0.6) is 0 Å². The molecule has 185 valence electrons. The molecule has 1 aromatic carbocycles. The lowest BCUT2D eigenvalue weighted by Crippen LogP contribution is -2.45. The number of carbonyl (C=O) groups excluding carboxylic acids is 3. The maximum Gasteiger partial charge on any atom is 0.254 e. The second kappa shape index (κ2) is 12.4. The third kappa shape index (κ3) is 9.76. The number of halogens is 1. The normalized spacial score (nSPS) is 15.8. The first kappa shape index (κ1) is 29.0. The number of nitrogens with one attached hydrogen (secondary N) is 1. The number of carbonyl (C=O) groups is 3. The van der Waals surface area contributed by atoms with E-state index in [-0.39, 0.29) is 36.4 Å². The molecule has 33 heavy (non-hydrogen) atoms. The summed E-state index contributed by atoms with van der Waals surface area (Å²) in [5.41, 5.74) is 4.07. The lowest BCUT2D eigenvalue weighted by atomic mass is 9.88. The standard InChI is InChI=1S/C25H40FN2O4Si/c1-24(2,3)33(5,6)32-21(13-12-19-10-8-7-9-11-19)18-20(22(30)28-16-17-29)14-15-25(4,26)23(27)31/h7-11,13,17,20-21H,12,14-16,18H2,1-6H3,(H2,27,31)(H,28,30). The molecule has 0 aliphatic rings.